The van der Waals surface area contributed by atoms with Crippen molar-refractivity contribution in [2.45, 2.75) is 37.1 Å². The van der Waals surface area contributed by atoms with Crippen molar-refractivity contribution in [3.63, 3.8) is 0 Å². The van der Waals surface area contributed by atoms with Crippen LogP contribution in [0.3, 0.4) is 0 Å². The number of sulfonamides is 1. The van der Waals surface area contributed by atoms with Crippen LogP contribution in [-0.4, -0.2) is 44.0 Å². The molecule has 1 aromatic rings. The summed E-state index contributed by atoms with van der Waals surface area (Å²) in [6.45, 7) is 4.81. The number of pyridine rings is 1. The summed E-state index contributed by atoms with van der Waals surface area (Å²) in [6, 6.07) is 3.09. The molecule has 19 heavy (non-hydrogen) atoms. The first-order valence-electron chi connectivity index (χ1n) is 6.72. The summed E-state index contributed by atoms with van der Waals surface area (Å²) in [4.78, 5) is 6.39. The maximum absolute atomic E-state index is 12.1. The summed E-state index contributed by atoms with van der Waals surface area (Å²) in [5, 5.41) is 0. The molecule has 5 nitrogen and oxygen atoms in total. The van der Waals surface area contributed by atoms with Crippen LogP contribution in [0.2, 0.25) is 0 Å². The molecule has 0 aliphatic carbocycles. The summed E-state index contributed by atoms with van der Waals surface area (Å²) in [5.41, 5.74) is 0. The lowest BCUT2D eigenvalue weighted by Gasteiger charge is -2.29. The average Bonchev–Trinajstić information content (AvgIpc) is 2.40. The van der Waals surface area contributed by atoms with Gasteiger partial charge in [-0.1, -0.05) is 6.42 Å². The molecule has 1 aliphatic rings. The molecule has 0 spiro atoms. The Bertz CT molecular complexity index is 484. The number of hydrogen-bond acceptors (Lipinski definition) is 4. The first kappa shape index (κ1) is 14.4. The number of rotatable bonds is 5. The molecular formula is C13H21N3O2S. The van der Waals surface area contributed by atoms with E-state index >= 15 is 0 Å². The summed E-state index contributed by atoms with van der Waals surface area (Å²) in [7, 11) is -3.45. The van der Waals surface area contributed by atoms with E-state index < -0.39 is 10.0 Å². The van der Waals surface area contributed by atoms with E-state index in [1.807, 2.05) is 6.92 Å². The van der Waals surface area contributed by atoms with Crippen molar-refractivity contribution in [2.24, 2.45) is 0 Å². The minimum atomic E-state index is -3.45. The molecule has 0 aromatic carbocycles. The molecule has 1 atom stereocenters. The van der Waals surface area contributed by atoms with Gasteiger partial charge in [-0.25, -0.2) is 13.1 Å². The number of nitrogens with one attached hydrogen (secondary N) is 1. The number of likely N-dealkylation sites (tertiary alicyclic amines) is 1. The van der Waals surface area contributed by atoms with E-state index in [1.54, 1.807) is 18.3 Å². The van der Waals surface area contributed by atoms with Crippen LogP contribution in [0.5, 0.6) is 0 Å². The van der Waals surface area contributed by atoms with Gasteiger partial charge < -0.3 is 4.90 Å². The fourth-order valence-corrected chi connectivity index (χ4v) is 3.60. The molecule has 0 unspecified atom stereocenters. The van der Waals surface area contributed by atoms with Crippen LogP contribution in [0.4, 0.5) is 0 Å². The van der Waals surface area contributed by atoms with E-state index in [0.717, 1.165) is 19.6 Å². The quantitative estimate of drug-likeness (QED) is 0.883. The van der Waals surface area contributed by atoms with Crippen molar-refractivity contribution in [3.8, 4) is 0 Å². The van der Waals surface area contributed by atoms with Crippen LogP contribution in [-0.2, 0) is 10.0 Å². The van der Waals surface area contributed by atoms with Crippen molar-refractivity contribution >= 4 is 10.0 Å². The predicted octanol–water partition coefficient (Wildman–Crippen LogP) is 1.23. The molecule has 1 N–H and O–H groups in total. The second-order valence-electron chi connectivity index (χ2n) is 5.07. The topological polar surface area (TPSA) is 62.3 Å². The maximum atomic E-state index is 12.1. The van der Waals surface area contributed by atoms with E-state index in [0.29, 0.717) is 0 Å². The van der Waals surface area contributed by atoms with Crippen molar-refractivity contribution in [3.05, 3.63) is 24.5 Å². The molecule has 1 aromatic heterocycles. The molecule has 6 heteroatoms. The van der Waals surface area contributed by atoms with E-state index in [4.69, 9.17) is 0 Å². The summed E-state index contributed by atoms with van der Waals surface area (Å²) in [6.07, 6.45) is 6.64. The number of aromatic nitrogens is 1. The Kier molecular flexibility index (Phi) is 4.90. The molecule has 0 radical (unpaired) electrons. The van der Waals surface area contributed by atoms with E-state index in [9.17, 15) is 8.42 Å². The third-order valence-corrected chi connectivity index (χ3v) is 4.86. The standard InChI is InChI=1S/C13H21N3O2S/c1-12(11-16-8-3-2-4-9-16)15-19(17,18)13-6-5-7-14-10-13/h5-7,10,12,15H,2-4,8-9,11H2,1H3/t12-/m0/s1. The molecule has 1 fully saturated rings. The molecule has 106 valence electrons. The first-order valence-corrected chi connectivity index (χ1v) is 8.21. The lowest BCUT2D eigenvalue weighted by atomic mass is 10.1. The van der Waals surface area contributed by atoms with Gasteiger partial charge in [0.1, 0.15) is 4.90 Å². The average molecular weight is 283 g/mol. The minimum Gasteiger partial charge on any atom is -0.302 e. The van der Waals surface area contributed by atoms with Crippen molar-refractivity contribution in [1.82, 2.24) is 14.6 Å². The van der Waals surface area contributed by atoms with Gasteiger partial charge in [0.05, 0.1) is 0 Å². The maximum Gasteiger partial charge on any atom is 0.242 e. The Morgan fingerprint density at radius 3 is 2.74 bits per heavy atom. The van der Waals surface area contributed by atoms with Gasteiger partial charge in [0.15, 0.2) is 0 Å². The van der Waals surface area contributed by atoms with Gasteiger partial charge >= 0.3 is 0 Å². The molecule has 0 bridgehead atoms. The highest BCUT2D eigenvalue weighted by Gasteiger charge is 2.20. The second-order valence-corrected chi connectivity index (χ2v) is 6.79. The highest BCUT2D eigenvalue weighted by Crippen LogP contribution is 2.10. The third kappa shape index (κ3) is 4.26. The molecule has 2 heterocycles. The molecule has 1 aliphatic heterocycles. The van der Waals surface area contributed by atoms with Crippen molar-refractivity contribution < 1.29 is 8.42 Å². The Morgan fingerprint density at radius 2 is 2.11 bits per heavy atom. The van der Waals surface area contributed by atoms with E-state index in [-0.39, 0.29) is 10.9 Å². The Balaban J connectivity index is 1.92. The lowest BCUT2D eigenvalue weighted by molar-refractivity contribution is 0.215. The predicted molar refractivity (Wildman–Crippen MR) is 74.3 cm³/mol. The lowest BCUT2D eigenvalue weighted by Crippen LogP contribution is -2.43. The minimum absolute atomic E-state index is 0.0942. The Hall–Kier alpha value is -0.980. The smallest absolute Gasteiger partial charge is 0.242 e. The zero-order chi connectivity index (χ0) is 13.7. The van der Waals surface area contributed by atoms with Gasteiger partial charge in [-0.3, -0.25) is 4.98 Å². The zero-order valence-electron chi connectivity index (χ0n) is 11.2. The van der Waals surface area contributed by atoms with Crippen LogP contribution in [0.15, 0.2) is 29.4 Å². The van der Waals surface area contributed by atoms with E-state index in [1.165, 1.54) is 25.5 Å². The van der Waals surface area contributed by atoms with Crippen LogP contribution < -0.4 is 4.72 Å². The Morgan fingerprint density at radius 1 is 1.37 bits per heavy atom. The van der Waals surface area contributed by atoms with Gasteiger partial charge in [-0.2, -0.15) is 0 Å². The fourth-order valence-electron chi connectivity index (χ4n) is 2.41. The highest BCUT2D eigenvalue weighted by atomic mass is 32.2. The number of hydrogen-bond donors (Lipinski definition) is 1. The molecule has 0 amide bonds. The largest absolute Gasteiger partial charge is 0.302 e. The van der Waals surface area contributed by atoms with Crippen molar-refractivity contribution in [1.29, 1.82) is 0 Å². The normalized spacial score (nSPS) is 19.2. The van der Waals surface area contributed by atoms with Gasteiger partial charge in [0, 0.05) is 25.0 Å². The van der Waals surface area contributed by atoms with Crippen molar-refractivity contribution in [2.75, 3.05) is 19.6 Å². The molecule has 1 saturated heterocycles. The number of piperidine rings is 1. The molecule has 0 saturated carbocycles. The summed E-state index contributed by atoms with van der Waals surface area (Å²) in [5.74, 6) is 0. The van der Waals surface area contributed by atoms with Gasteiger partial charge in [0.2, 0.25) is 10.0 Å². The number of nitrogens with zero attached hydrogens (tertiary/aromatic N) is 2. The van der Waals surface area contributed by atoms with Gasteiger partial charge in [-0.15, -0.1) is 0 Å². The Labute approximate surface area is 115 Å². The summed E-state index contributed by atoms with van der Waals surface area (Å²) < 4.78 is 26.9. The van der Waals surface area contributed by atoms with Gasteiger partial charge in [0.25, 0.3) is 0 Å². The highest BCUT2D eigenvalue weighted by molar-refractivity contribution is 7.89. The van der Waals surface area contributed by atoms with Gasteiger partial charge in [-0.05, 0) is 45.0 Å². The van der Waals surface area contributed by atoms with E-state index in [2.05, 4.69) is 14.6 Å². The molecule has 2 rings (SSSR count). The van der Waals surface area contributed by atoms with Crippen LogP contribution >= 0.6 is 0 Å². The van der Waals surface area contributed by atoms with Crippen LogP contribution in [0, 0.1) is 0 Å². The first-order chi connectivity index (χ1) is 9.08. The fraction of sp³-hybridized carbons (Fsp3) is 0.615. The second kappa shape index (κ2) is 6.45. The zero-order valence-corrected chi connectivity index (χ0v) is 12.1. The molecular weight excluding hydrogens is 262 g/mol. The third-order valence-electron chi connectivity index (χ3n) is 3.28. The summed E-state index contributed by atoms with van der Waals surface area (Å²) >= 11 is 0. The van der Waals surface area contributed by atoms with Crippen LogP contribution in [0.25, 0.3) is 0 Å². The SMILES string of the molecule is C[C@@H](CN1CCCCC1)NS(=O)(=O)c1cccnc1. The monoisotopic (exact) mass is 283 g/mol. The van der Waals surface area contributed by atoms with Crippen LogP contribution in [0.1, 0.15) is 26.2 Å².